The van der Waals surface area contributed by atoms with Gasteiger partial charge in [0, 0.05) is 6.08 Å². The second-order valence-corrected chi connectivity index (χ2v) is 8.35. The van der Waals surface area contributed by atoms with Crippen LogP contribution in [0.15, 0.2) is 65.3 Å². The zero-order valence-electron chi connectivity index (χ0n) is 20.5. The van der Waals surface area contributed by atoms with Crippen molar-refractivity contribution in [3.63, 3.8) is 0 Å². The third-order valence-corrected chi connectivity index (χ3v) is 5.63. The molecule has 0 aliphatic carbocycles. The minimum Gasteiger partial charge on any atom is -0.487 e. The molecule has 9 nitrogen and oxygen atoms in total. The van der Waals surface area contributed by atoms with Crippen LogP contribution in [0, 0.1) is 0 Å². The highest BCUT2D eigenvalue weighted by Gasteiger charge is 2.41. The lowest BCUT2D eigenvalue weighted by molar-refractivity contribution is -0.146. The van der Waals surface area contributed by atoms with E-state index in [0.717, 1.165) is 16.0 Å². The summed E-state index contributed by atoms with van der Waals surface area (Å²) in [5.74, 6) is 0.0592. The average Bonchev–Trinajstić information content (AvgIpc) is 3.47. The van der Waals surface area contributed by atoms with Crippen LogP contribution in [0.3, 0.4) is 0 Å². The summed E-state index contributed by atoms with van der Waals surface area (Å²) in [5.41, 5.74) is 2.80. The van der Waals surface area contributed by atoms with Gasteiger partial charge in [-0.3, -0.25) is 9.59 Å². The van der Waals surface area contributed by atoms with Gasteiger partial charge in [0.15, 0.2) is 6.10 Å². The van der Waals surface area contributed by atoms with E-state index < -0.39 is 30.6 Å². The topological polar surface area (TPSA) is 108 Å². The zero-order valence-corrected chi connectivity index (χ0v) is 20.5. The lowest BCUT2D eigenvalue weighted by atomic mass is 10.1. The summed E-state index contributed by atoms with van der Waals surface area (Å²) in [6, 6.07) is 17.5. The van der Waals surface area contributed by atoms with E-state index in [-0.39, 0.29) is 13.2 Å². The fourth-order valence-electron chi connectivity index (χ4n) is 3.76. The van der Waals surface area contributed by atoms with Crippen LogP contribution in [-0.2, 0) is 32.1 Å². The SMILES string of the molecule is CCOC(=O)CN1C(=O)OC(CCCc2ccc(OCc3coc(/C=C/c4ccccc4)n3)cc2)C1=O. The minimum atomic E-state index is -0.876. The molecule has 2 amide bonds. The van der Waals surface area contributed by atoms with Gasteiger partial charge in [0.05, 0.1) is 6.61 Å². The van der Waals surface area contributed by atoms with Crippen LogP contribution in [0.2, 0.25) is 0 Å². The maximum absolute atomic E-state index is 12.4. The van der Waals surface area contributed by atoms with Gasteiger partial charge in [0.2, 0.25) is 5.89 Å². The highest BCUT2D eigenvalue weighted by atomic mass is 16.6. The Hall–Kier alpha value is -4.40. The summed E-state index contributed by atoms with van der Waals surface area (Å²) >= 11 is 0. The standard InChI is InChI=1S/C28H28N2O7/c1-2-34-26(31)17-30-27(32)24(37-28(30)33)10-6-9-21-11-14-23(15-12-21)35-18-22-19-36-25(29-22)16-13-20-7-4-3-5-8-20/h3-5,7-8,11-16,19,24H,2,6,9-10,17-18H2,1H3/b16-13+. The number of nitrogens with zero attached hydrogens (tertiary/aromatic N) is 2. The number of cyclic esters (lactones) is 1. The van der Waals surface area contributed by atoms with Crippen LogP contribution in [0.5, 0.6) is 5.75 Å². The number of carbonyl (C=O) groups is 3. The predicted octanol–water partition coefficient (Wildman–Crippen LogP) is 4.66. The van der Waals surface area contributed by atoms with E-state index in [2.05, 4.69) is 4.98 Å². The number of rotatable bonds is 12. The number of imide groups is 1. The van der Waals surface area contributed by atoms with E-state index in [1.165, 1.54) is 0 Å². The molecular weight excluding hydrogens is 476 g/mol. The van der Waals surface area contributed by atoms with Crippen molar-refractivity contribution in [3.8, 4) is 5.75 Å². The van der Waals surface area contributed by atoms with Crippen LogP contribution in [0.25, 0.3) is 12.2 Å². The fourth-order valence-corrected chi connectivity index (χ4v) is 3.76. The van der Waals surface area contributed by atoms with Crippen molar-refractivity contribution in [1.29, 1.82) is 0 Å². The maximum Gasteiger partial charge on any atom is 0.417 e. The Balaban J connectivity index is 1.19. The molecule has 1 aromatic heterocycles. The van der Waals surface area contributed by atoms with Crippen LogP contribution in [-0.4, -0.2) is 47.1 Å². The van der Waals surface area contributed by atoms with Gasteiger partial charge in [-0.25, -0.2) is 14.7 Å². The molecule has 4 rings (SSSR count). The molecule has 192 valence electrons. The molecule has 0 N–H and O–H groups in total. The van der Waals surface area contributed by atoms with Gasteiger partial charge < -0.3 is 18.6 Å². The number of esters is 1. The van der Waals surface area contributed by atoms with E-state index in [1.807, 2.05) is 66.7 Å². The van der Waals surface area contributed by atoms with Crippen molar-refractivity contribution < 1.29 is 33.0 Å². The predicted molar refractivity (Wildman–Crippen MR) is 134 cm³/mol. The van der Waals surface area contributed by atoms with Crippen molar-refractivity contribution in [2.45, 2.75) is 38.9 Å². The highest BCUT2D eigenvalue weighted by molar-refractivity contribution is 6.02. The quantitative estimate of drug-likeness (QED) is 0.328. The fraction of sp³-hybridized carbons (Fsp3) is 0.286. The summed E-state index contributed by atoms with van der Waals surface area (Å²) in [6.45, 7) is 1.68. The molecule has 3 aromatic rings. The van der Waals surface area contributed by atoms with Gasteiger partial charge in [0.1, 0.15) is 30.9 Å². The lowest BCUT2D eigenvalue weighted by Gasteiger charge is -2.10. The minimum absolute atomic E-state index is 0.178. The Morgan fingerprint density at radius 2 is 1.86 bits per heavy atom. The first-order valence-corrected chi connectivity index (χ1v) is 12.1. The Labute approximate surface area is 214 Å². The third kappa shape index (κ3) is 7.30. The maximum atomic E-state index is 12.4. The van der Waals surface area contributed by atoms with Crippen LogP contribution in [0.1, 0.15) is 42.5 Å². The number of aromatic nitrogens is 1. The molecule has 0 bridgehead atoms. The van der Waals surface area contributed by atoms with Crippen LogP contribution >= 0.6 is 0 Å². The summed E-state index contributed by atoms with van der Waals surface area (Å²) in [6.07, 6.45) is 5.33. The summed E-state index contributed by atoms with van der Waals surface area (Å²) in [5, 5.41) is 0. The lowest BCUT2D eigenvalue weighted by Crippen LogP contribution is -2.36. The molecule has 2 heterocycles. The molecule has 1 unspecified atom stereocenters. The Morgan fingerprint density at radius 3 is 2.62 bits per heavy atom. The van der Waals surface area contributed by atoms with Crippen LogP contribution < -0.4 is 4.74 Å². The monoisotopic (exact) mass is 504 g/mol. The molecule has 37 heavy (non-hydrogen) atoms. The number of benzene rings is 2. The summed E-state index contributed by atoms with van der Waals surface area (Å²) in [7, 11) is 0. The number of aryl methyl sites for hydroxylation is 1. The van der Waals surface area contributed by atoms with E-state index in [4.69, 9.17) is 18.6 Å². The molecular formula is C28H28N2O7. The molecule has 1 atom stereocenters. The first-order valence-electron chi connectivity index (χ1n) is 12.1. The van der Waals surface area contributed by atoms with Gasteiger partial charge in [0.25, 0.3) is 5.91 Å². The molecule has 1 aliphatic rings. The van der Waals surface area contributed by atoms with Gasteiger partial charge in [-0.05, 0) is 55.5 Å². The first kappa shape index (κ1) is 25.7. The van der Waals surface area contributed by atoms with Gasteiger partial charge in [-0.15, -0.1) is 0 Å². The second kappa shape index (κ2) is 12.5. The van der Waals surface area contributed by atoms with E-state index in [1.54, 1.807) is 13.2 Å². The second-order valence-electron chi connectivity index (χ2n) is 8.35. The Kier molecular flexibility index (Phi) is 8.70. The number of hydrogen-bond acceptors (Lipinski definition) is 8. The van der Waals surface area contributed by atoms with Crippen LogP contribution in [0.4, 0.5) is 4.79 Å². The first-order chi connectivity index (χ1) is 18.0. The molecule has 2 aromatic carbocycles. The Bertz CT molecular complexity index is 1230. The van der Waals surface area contributed by atoms with E-state index in [0.29, 0.717) is 36.6 Å². The number of carbonyl (C=O) groups excluding carboxylic acids is 3. The number of oxazole rings is 1. The van der Waals surface area contributed by atoms with Crippen molar-refractivity contribution >= 4 is 30.1 Å². The molecule has 0 radical (unpaired) electrons. The molecule has 1 saturated heterocycles. The summed E-state index contributed by atoms with van der Waals surface area (Å²) < 4.78 is 21.2. The molecule has 1 aliphatic heterocycles. The molecule has 0 saturated carbocycles. The van der Waals surface area contributed by atoms with Crippen molar-refractivity contribution in [2.75, 3.05) is 13.2 Å². The Morgan fingerprint density at radius 1 is 1.08 bits per heavy atom. The molecule has 1 fully saturated rings. The highest BCUT2D eigenvalue weighted by Crippen LogP contribution is 2.20. The van der Waals surface area contributed by atoms with E-state index in [9.17, 15) is 14.4 Å². The summed E-state index contributed by atoms with van der Waals surface area (Å²) in [4.78, 5) is 41.1. The zero-order chi connectivity index (χ0) is 26.0. The normalized spacial score (nSPS) is 15.3. The largest absolute Gasteiger partial charge is 0.487 e. The number of ether oxygens (including phenoxy) is 3. The third-order valence-electron chi connectivity index (χ3n) is 5.63. The molecule has 9 heteroatoms. The van der Waals surface area contributed by atoms with Gasteiger partial charge in [-0.2, -0.15) is 0 Å². The van der Waals surface area contributed by atoms with Gasteiger partial charge >= 0.3 is 12.1 Å². The molecule has 0 spiro atoms. The number of amides is 2. The number of hydrogen-bond donors (Lipinski definition) is 0. The smallest absolute Gasteiger partial charge is 0.417 e. The van der Waals surface area contributed by atoms with Gasteiger partial charge in [-0.1, -0.05) is 42.5 Å². The average molecular weight is 505 g/mol. The van der Waals surface area contributed by atoms with E-state index >= 15 is 0 Å². The van der Waals surface area contributed by atoms with Crippen molar-refractivity contribution in [3.05, 3.63) is 83.6 Å². The van der Waals surface area contributed by atoms with Crippen molar-refractivity contribution in [1.82, 2.24) is 9.88 Å². The van der Waals surface area contributed by atoms with Crippen molar-refractivity contribution in [2.24, 2.45) is 0 Å².